The third kappa shape index (κ3) is 3.31. The maximum Gasteiger partial charge on any atom is 0.261 e. The summed E-state index contributed by atoms with van der Waals surface area (Å²) in [6.07, 6.45) is 4.16. The van der Waals surface area contributed by atoms with Crippen LogP contribution >= 0.6 is 11.3 Å². The van der Waals surface area contributed by atoms with Crippen molar-refractivity contribution in [2.75, 3.05) is 19.8 Å². The summed E-state index contributed by atoms with van der Waals surface area (Å²) in [6, 6.07) is 3.68. The number of aliphatic hydroxyl groups is 1. The van der Waals surface area contributed by atoms with E-state index in [1.807, 2.05) is 17.5 Å². The Morgan fingerprint density at radius 3 is 2.89 bits per heavy atom. The van der Waals surface area contributed by atoms with E-state index < -0.39 is 0 Å². The van der Waals surface area contributed by atoms with Crippen molar-refractivity contribution in [2.24, 2.45) is 0 Å². The molecule has 1 aromatic rings. The van der Waals surface area contributed by atoms with E-state index in [9.17, 15) is 4.79 Å². The molecular formula is C13H19NO3S. The lowest BCUT2D eigenvalue weighted by molar-refractivity contribution is -0.0511. The molecule has 18 heavy (non-hydrogen) atoms. The van der Waals surface area contributed by atoms with Gasteiger partial charge in [0.15, 0.2) is 0 Å². The van der Waals surface area contributed by atoms with Crippen LogP contribution in [0.5, 0.6) is 0 Å². The zero-order valence-corrected chi connectivity index (χ0v) is 11.2. The van der Waals surface area contributed by atoms with Crippen molar-refractivity contribution in [3.63, 3.8) is 0 Å². The Hall–Kier alpha value is -0.910. The quantitative estimate of drug-likeness (QED) is 0.828. The van der Waals surface area contributed by atoms with Gasteiger partial charge in [0.25, 0.3) is 5.91 Å². The molecule has 1 amide bonds. The van der Waals surface area contributed by atoms with Gasteiger partial charge in [0.2, 0.25) is 0 Å². The number of carbonyl (C=O) groups excluding carboxylic acids is 1. The van der Waals surface area contributed by atoms with Crippen LogP contribution in [0.3, 0.4) is 0 Å². The second-order valence-corrected chi connectivity index (χ2v) is 5.57. The smallest absolute Gasteiger partial charge is 0.261 e. The van der Waals surface area contributed by atoms with Crippen molar-refractivity contribution < 1.29 is 14.6 Å². The van der Waals surface area contributed by atoms with E-state index in [-0.39, 0.29) is 18.1 Å². The minimum absolute atomic E-state index is 0.0284. The number of amides is 1. The summed E-state index contributed by atoms with van der Waals surface area (Å²) in [5.41, 5.74) is -0.268. The molecule has 0 unspecified atom stereocenters. The van der Waals surface area contributed by atoms with Crippen LogP contribution in [0.2, 0.25) is 0 Å². The number of carbonyl (C=O) groups is 1. The zero-order chi connectivity index (χ0) is 12.8. The van der Waals surface area contributed by atoms with Gasteiger partial charge in [-0.3, -0.25) is 4.79 Å². The summed E-state index contributed by atoms with van der Waals surface area (Å²) in [7, 11) is 0. The van der Waals surface area contributed by atoms with Crippen molar-refractivity contribution in [3.8, 4) is 0 Å². The van der Waals surface area contributed by atoms with Gasteiger partial charge in [0.05, 0.1) is 23.7 Å². The molecule has 0 bridgehead atoms. The van der Waals surface area contributed by atoms with Crippen molar-refractivity contribution in [2.45, 2.75) is 31.3 Å². The van der Waals surface area contributed by atoms with Gasteiger partial charge >= 0.3 is 0 Å². The molecule has 0 saturated heterocycles. The van der Waals surface area contributed by atoms with Crippen LogP contribution in [0.4, 0.5) is 0 Å². The lowest BCUT2D eigenvalue weighted by Crippen LogP contribution is -2.43. The Kier molecular flexibility index (Phi) is 4.74. The summed E-state index contributed by atoms with van der Waals surface area (Å²) in [6.45, 7) is 0.902. The summed E-state index contributed by atoms with van der Waals surface area (Å²) in [5.74, 6) is -0.0381. The second kappa shape index (κ2) is 6.31. The fourth-order valence-electron chi connectivity index (χ4n) is 2.39. The molecule has 100 valence electrons. The standard InChI is InChI=1S/C13H19NO3S/c15-7-8-17-13(5-1-2-6-13)10-14-12(16)11-4-3-9-18-11/h3-4,9,15H,1-2,5-8,10H2,(H,14,16). The first-order chi connectivity index (χ1) is 8.76. The third-order valence-corrected chi connectivity index (χ3v) is 4.20. The van der Waals surface area contributed by atoms with Crippen molar-refractivity contribution in [1.29, 1.82) is 0 Å². The normalized spacial score (nSPS) is 17.8. The lowest BCUT2D eigenvalue weighted by Gasteiger charge is -2.29. The Labute approximate surface area is 111 Å². The highest BCUT2D eigenvalue weighted by Crippen LogP contribution is 2.32. The molecule has 1 aromatic heterocycles. The van der Waals surface area contributed by atoms with Crippen molar-refractivity contribution in [3.05, 3.63) is 22.4 Å². The fraction of sp³-hybridized carbons (Fsp3) is 0.615. The van der Waals surface area contributed by atoms with Crippen LogP contribution in [0.1, 0.15) is 35.4 Å². The van der Waals surface area contributed by atoms with Crippen molar-refractivity contribution >= 4 is 17.2 Å². The topological polar surface area (TPSA) is 58.6 Å². The maximum absolute atomic E-state index is 11.9. The first-order valence-corrected chi connectivity index (χ1v) is 7.20. The van der Waals surface area contributed by atoms with Gasteiger partial charge in [0, 0.05) is 6.54 Å². The largest absolute Gasteiger partial charge is 0.394 e. The van der Waals surface area contributed by atoms with E-state index in [2.05, 4.69) is 5.32 Å². The predicted molar refractivity (Wildman–Crippen MR) is 70.9 cm³/mol. The Morgan fingerprint density at radius 2 is 2.28 bits per heavy atom. The number of rotatable bonds is 6. The molecule has 1 fully saturated rings. The molecule has 1 saturated carbocycles. The van der Waals surface area contributed by atoms with Crippen LogP contribution in [0.25, 0.3) is 0 Å². The van der Waals surface area contributed by atoms with Gasteiger partial charge in [0.1, 0.15) is 0 Å². The summed E-state index contributed by atoms with van der Waals surface area (Å²) in [5, 5.41) is 13.7. The first kappa shape index (κ1) is 13.5. The highest BCUT2D eigenvalue weighted by molar-refractivity contribution is 7.12. The maximum atomic E-state index is 11.9. The Balaban J connectivity index is 1.88. The van der Waals surface area contributed by atoms with Gasteiger partial charge in [-0.25, -0.2) is 0 Å². The average molecular weight is 269 g/mol. The molecule has 4 nitrogen and oxygen atoms in total. The van der Waals surface area contributed by atoms with E-state index in [0.29, 0.717) is 13.2 Å². The molecule has 5 heteroatoms. The highest BCUT2D eigenvalue weighted by Gasteiger charge is 2.35. The molecular weight excluding hydrogens is 250 g/mol. The lowest BCUT2D eigenvalue weighted by atomic mass is 10.0. The zero-order valence-electron chi connectivity index (χ0n) is 10.4. The predicted octanol–water partition coefficient (Wildman–Crippen LogP) is 1.80. The monoisotopic (exact) mass is 269 g/mol. The summed E-state index contributed by atoms with van der Waals surface area (Å²) in [4.78, 5) is 12.6. The number of thiophene rings is 1. The third-order valence-electron chi connectivity index (χ3n) is 3.33. The molecule has 2 N–H and O–H groups in total. The summed E-state index contributed by atoms with van der Waals surface area (Å²) >= 11 is 1.44. The molecule has 0 atom stereocenters. The number of nitrogens with one attached hydrogen (secondary N) is 1. The van der Waals surface area contributed by atoms with Gasteiger partial charge in [-0.2, -0.15) is 0 Å². The molecule has 2 rings (SSSR count). The van der Waals surface area contributed by atoms with Gasteiger partial charge < -0.3 is 15.2 Å². The SMILES string of the molecule is O=C(NCC1(OCCO)CCCC1)c1cccs1. The number of hydrogen-bond acceptors (Lipinski definition) is 4. The van der Waals surface area contributed by atoms with Gasteiger partial charge in [-0.1, -0.05) is 18.9 Å². The fourth-order valence-corrected chi connectivity index (χ4v) is 3.03. The number of aliphatic hydroxyl groups excluding tert-OH is 1. The van der Waals surface area contributed by atoms with Crippen LogP contribution in [0.15, 0.2) is 17.5 Å². The Morgan fingerprint density at radius 1 is 1.50 bits per heavy atom. The molecule has 0 spiro atoms. The van der Waals surface area contributed by atoms with Crippen LogP contribution in [0, 0.1) is 0 Å². The minimum Gasteiger partial charge on any atom is -0.394 e. The molecule has 1 aliphatic carbocycles. The van der Waals surface area contributed by atoms with E-state index >= 15 is 0 Å². The van der Waals surface area contributed by atoms with E-state index in [1.54, 1.807) is 0 Å². The van der Waals surface area contributed by atoms with E-state index in [4.69, 9.17) is 9.84 Å². The molecule has 0 radical (unpaired) electrons. The number of ether oxygens (including phenoxy) is 1. The highest BCUT2D eigenvalue weighted by atomic mass is 32.1. The van der Waals surface area contributed by atoms with E-state index in [0.717, 1.165) is 30.6 Å². The minimum atomic E-state index is -0.268. The molecule has 0 aliphatic heterocycles. The van der Waals surface area contributed by atoms with Gasteiger partial charge in [-0.15, -0.1) is 11.3 Å². The first-order valence-electron chi connectivity index (χ1n) is 6.32. The second-order valence-electron chi connectivity index (χ2n) is 4.62. The molecule has 1 heterocycles. The van der Waals surface area contributed by atoms with Crippen molar-refractivity contribution in [1.82, 2.24) is 5.32 Å². The molecule has 0 aromatic carbocycles. The van der Waals surface area contributed by atoms with Crippen LogP contribution in [-0.4, -0.2) is 36.4 Å². The Bertz CT molecular complexity index is 372. The van der Waals surface area contributed by atoms with Gasteiger partial charge in [-0.05, 0) is 24.3 Å². The average Bonchev–Trinajstić information content (AvgIpc) is 3.05. The van der Waals surface area contributed by atoms with Crippen LogP contribution in [-0.2, 0) is 4.74 Å². The molecule has 1 aliphatic rings. The van der Waals surface area contributed by atoms with Crippen LogP contribution < -0.4 is 5.32 Å². The number of hydrogen-bond donors (Lipinski definition) is 2. The van der Waals surface area contributed by atoms with E-state index in [1.165, 1.54) is 11.3 Å². The summed E-state index contributed by atoms with van der Waals surface area (Å²) < 4.78 is 5.75.